The maximum atomic E-state index is 12.9. The second-order valence-corrected chi connectivity index (χ2v) is 7.24. The highest BCUT2D eigenvalue weighted by Crippen LogP contribution is 2.31. The summed E-state index contributed by atoms with van der Waals surface area (Å²) in [5.41, 5.74) is 0.0240. The normalized spacial score (nSPS) is 24.0. The second-order valence-electron chi connectivity index (χ2n) is 5.41. The monoisotopic (exact) mass is 313 g/mol. The van der Waals surface area contributed by atoms with Crippen molar-refractivity contribution in [2.75, 3.05) is 13.1 Å². The van der Waals surface area contributed by atoms with Crippen molar-refractivity contribution >= 4 is 15.7 Å². The summed E-state index contributed by atoms with van der Waals surface area (Å²) in [4.78, 5) is 10.3. The van der Waals surface area contributed by atoms with Crippen LogP contribution in [0.2, 0.25) is 0 Å². The van der Waals surface area contributed by atoms with Crippen molar-refractivity contribution in [3.8, 4) is 0 Å². The van der Waals surface area contributed by atoms with E-state index in [1.54, 1.807) is 19.9 Å². The van der Waals surface area contributed by atoms with Gasteiger partial charge < -0.3 is 5.32 Å². The molecule has 1 aliphatic rings. The minimum absolute atomic E-state index is 0.0130. The lowest BCUT2D eigenvalue weighted by atomic mass is 10.2. The van der Waals surface area contributed by atoms with Gasteiger partial charge in [-0.1, -0.05) is 12.1 Å². The molecule has 21 heavy (non-hydrogen) atoms. The van der Waals surface area contributed by atoms with Gasteiger partial charge in [0.25, 0.3) is 15.7 Å². The van der Waals surface area contributed by atoms with Crippen LogP contribution in [-0.2, 0) is 10.0 Å². The molecule has 0 aromatic heterocycles. The zero-order chi connectivity index (χ0) is 15.8. The van der Waals surface area contributed by atoms with E-state index in [9.17, 15) is 18.5 Å². The van der Waals surface area contributed by atoms with Gasteiger partial charge in [0.1, 0.15) is 0 Å². The predicted molar refractivity (Wildman–Crippen MR) is 78.7 cm³/mol. The van der Waals surface area contributed by atoms with Crippen molar-refractivity contribution in [2.45, 2.75) is 37.8 Å². The summed E-state index contributed by atoms with van der Waals surface area (Å²) in [7, 11) is -3.90. The van der Waals surface area contributed by atoms with E-state index in [4.69, 9.17) is 0 Å². The number of hydrogen-bond acceptors (Lipinski definition) is 5. The van der Waals surface area contributed by atoms with E-state index in [2.05, 4.69) is 5.32 Å². The summed E-state index contributed by atoms with van der Waals surface area (Å²) in [6.07, 6.45) is 0. The van der Waals surface area contributed by atoms with Crippen LogP contribution in [-0.4, -0.2) is 42.8 Å². The summed E-state index contributed by atoms with van der Waals surface area (Å²) in [6.45, 7) is 6.09. The van der Waals surface area contributed by atoms with Crippen LogP contribution in [0.3, 0.4) is 0 Å². The summed E-state index contributed by atoms with van der Waals surface area (Å²) in [5.74, 6) is 0. The van der Waals surface area contributed by atoms with Crippen molar-refractivity contribution < 1.29 is 13.3 Å². The Bertz CT molecular complexity index is 659. The summed E-state index contributed by atoms with van der Waals surface area (Å²) < 4.78 is 27.1. The number of aryl methyl sites for hydroxylation is 1. The molecule has 1 fully saturated rings. The Morgan fingerprint density at radius 3 is 2.67 bits per heavy atom. The summed E-state index contributed by atoms with van der Waals surface area (Å²) in [5, 5.41) is 14.4. The lowest BCUT2D eigenvalue weighted by molar-refractivity contribution is -0.387. The van der Waals surface area contributed by atoms with Gasteiger partial charge in [-0.05, 0) is 26.3 Å². The van der Waals surface area contributed by atoms with Gasteiger partial charge in [0.05, 0.1) is 4.92 Å². The van der Waals surface area contributed by atoms with Crippen molar-refractivity contribution in [3.05, 3.63) is 33.9 Å². The minimum atomic E-state index is -3.90. The fraction of sp³-hybridized carbons (Fsp3) is 0.538. The first-order chi connectivity index (χ1) is 9.75. The van der Waals surface area contributed by atoms with Crippen molar-refractivity contribution in [1.82, 2.24) is 9.62 Å². The van der Waals surface area contributed by atoms with Crippen LogP contribution >= 0.6 is 0 Å². The SMILES string of the molecule is Cc1cccc([N+](=O)[O-])c1S(=O)(=O)N1CC(C)NCC1C. The molecule has 2 unspecified atom stereocenters. The molecule has 2 atom stereocenters. The maximum absolute atomic E-state index is 12.9. The third kappa shape index (κ3) is 2.92. The molecule has 1 aliphatic heterocycles. The first-order valence-corrected chi connectivity index (χ1v) is 8.18. The highest BCUT2D eigenvalue weighted by molar-refractivity contribution is 7.89. The van der Waals surface area contributed by atoms with E-state index in [-0.39, 0.29) is 22.7 Å². The summed E-state index contributed by atoms with van der Waals surface area (Å²) >= 11 is 0. The first kappa shape index (κ1) is 15.9. The lowest BCUT2D eigenvalue weighted by Gasteiger charge is -2.36. The fourth-order valence-corrected chi connectivity index (χ4v) is 4.64. The molecule has 0 bridgehead atoms. The van der Waals surface area contributed by atoms with E-state index in [0.717, 1.165) is 0 Å². The molecule has 0 saturated carbocycles. The zero-order valence-corrected chi connectivity index (χ0v) is 13.1. The molecule has 8 heteroatoms. The molecule has 0 aliphatic carbocycles. The molecule has 2 rings (SSSR count). The number of sulfonamides is 1. The van der Waals surface area contributed by atoms with Crippen molar-refractivity contribution in [2.24, 2.45) is 0 Å². The van der Waals surface area contributed by atoms with Crippen LogP contribution in [0.1, 0.15) is 19.4 Å². The molecule has 1 heterocycles. The van der Waals surface area contributed by atoms with Crippen LogP contribution in [0, 0.1) is 17.0 Å². The molecule has 116 valence electrons. The topological polar surface area (TPSA) is 92.5 Å². The Morgan fingerprint density at radius 1 is 1.38 bits per heavy atom. The van der Waals surface area contributed by atoms with Gasteiger partial charge in [-0.3, -0.25) is 10.1 Å². The van der Waals surface area contributed by atoms with Crippen LogP contribution < -0.4 is 5.32 Å². The number of nitrogens with zero attached hydrogens (tertiary/aromatic N) is 2. The van der Waals surface area contributed by atoms with Crippen LogP contribution in [0.4, 0.5) is 5.69 Å². The van der Waals surface area contributed by atoms with Gasteiger partial charge in [-0.2, -0.15) is 4.31 Å². The number of piperazine rings is 1. The van der Waals surface area contributed by atoms with Crippen LogP contribution in [0.5, 0.6) is 0 Å². The van der Waals surface area contributed by atoms with E-state index in [0.29, 0.717) is 18.7 Å². The molecule has 7 nitrogen and oxygen atoms in total. The highest BCUT2D eigenvalue weighted by atomic mass is 32.2. The Kier molecular flexibility index (Phi) is 4.31. The second kappa shape index (κ2) is 5.70. The van der Waals surface area contributed by atoms with E-state index in [1.807, 2.05) is 6.92 Å². The molecular weight excluding hydrogens is 294 g/mol. The van der Waals surface area contributed by atoms with Crippen LogP contribution in [0.15, 0.2) is 23.1 Å². The molecule has 1 aromatic carbocycles. The molecule has 0 amide bonds. The van der Waals surface area contributed by atoms with Gasteiger partial charge in [0, 0.05) is 31.2 Å². The maximum Gasteiger partial charge on any atom is 0.289 e. The fourth-order valence-electron chi connectivity index (χ4n) is 2.56. The minimum Gasteiger partial charge on any atom is -0.311 e. The third-order valence-corrected chi connectivity index (χ3v) is 5.84. The largest absolute Gasteiger partial charge is 0.311 e. The number of nitro benzene ring substituents is 1. The Balaban J connectivity index is 2.56. The average molecular weight is 313 g/mol. The molecule has 0 radical (unpaired) electrons. The zero-order valence-electron chi connectivity index (χ0n) is 12.2. The molecular formula is C13H19N3O4S. The van der Waals surface area contributed by atoms with Gasteiger partial charge >= 0.3 is 0 Å². The van der Waals surface area contributed by atoms with Gasteiger partial charge in [0.2, 0.25) is 0 Å². The van der Waals surface area contributed by atoms with Gasteiger partial charge in [0.15, 0.2) is 4.90 Å². The molecule has 0 spiro atoms. The van der Waals surface area contributed by atoms with E-state index >= 15 is 0 Å². The Labute approximate surface area is 124 Å². The quantitative estimate of drug-likeness (QED) is 0.670. The van der Waals surface area contributed by atoms with Gasteiger partial charge in [-0.25, -0.2) is 8.42 Å². The standard InChI is InChI=1S/C13H19N3O4S/c1-9-5-4-6-12(16(17)18)13(9)21(19,20)15-8-10(2)14-7-11(15)3/h4-6,10-11,14H,7-8H2,1-3H3. The first-order valence-electron chi connectivity index (χ1n) is 6.74. The smallest absolute Gasteiger partial charge is 0.289 e. The highest BCUT2D eigenvalue weighted by Gasteiger charge is 2.38. The average Bonchev–Trinajstić information content (AvgIpc) is 2.40. The predicted octanol–water partition coefficient (Wildman–Crippen LogP) is 1.27. The summed E-state index contributed by atoms with van der Waals surface area (Å²) in [6, 6.07) is 4.08. The number of nitro groups is 1. The van der Waals surface area contributed by atoms with Crippen molar-refractivity contribution in [3.63, 3.8) is 0 Å². The third-order valence-electron chi connectivity index (χ3n) is 3.66. The van der Waals surface area contributed by atoms with Crippen LogP contribution in [0.25, 0.3) is 0 Å². The number of benzene rings is 1. The van der Waals surface area contributed by atoms with E-state index < -0.39 is 14.9 Å². The van der Waals surface area contributed by atoms with Crippen molar-refractivity contribution in [1.29, 1.82) is 0 Å². The number of hydrogen-bond donors (Lipinski definition) is 1. The molecule has 1 saturated heterocycles. The number of nitrogens with one attached hydrogen (secondary N) is 1. The lowest BCUT2D eigenvalue weighted by Crippen LogP contribution is -2.56. The molecule has 1 aromatic rings. The van der Waals surface area contributed by atoms with Gasteiger partial charge in [-0.15, -0.1) is 0 Å². The Morgan fingerprint density at radius 2 is 2.05 bits per heavy atom. The van der Waals surface area contributed by atoms with E-state index in [1.165, 1.54) is 16.4 Å². The Hall–Kier alpha value is -1.51. The molecule has 1 N–H and O–H groups in total. The number of rotatable bonds is 3.